The van der Waals surface area contributed by atoms with Gasteiger partial charge in [-0.3, -0.25) is 9.59 Å². The van der Waals surface area contributed by atoms with E-state index in [2.05, 4.69) is 25.4 Å². The summed E-state index contributed by atoms with van der Waals surface area (Å²) in [7, 11) is 0. The molecule has 3 aromatic rings. The van der Waals surface area contributed by atoms with Gasteiger partial charge >= 0.3 is 0 Å². The first-order valence-corrected chi connectivity index (χ1v) is 11.6. The number of carbonyl (C=O) groups excluding carboxylic acids is 2. The van der Waals surface area contributed by atoms with Crippen molar-refractivity contribution in [1.29, 1.82) is 0 Å². The molecule has 1 unspecified atom stereocenters. The third kappa shape index (κ3) is 5.13. The molecule has 4 rings (SSSR count). The molecular weight excluding hydrogens is 430 g/mol. The van der Waals surface area contributed by atoms with Gasteiger partial charge in [-0.1, -0.05) is 6.07 Å². The molecule has 1 saturated heterocycles. The van der Waals surface area contributed by atoms with Crippen molar-refractivity contribution in [3.8, 4) is 5.95 Å². The van der Waals surface area contributed by atoms with Gasteiger partial charge in [-0.25, -0.2) is 19.6 Å². The minimum absolute atomic E-state index is 0.00180. The molecule has 1 fully saturated rings. The highest BCUT2D eigenvalue weighted by Gasteiger charge is 2.29. The van der Waals surface area contributed by atoms with Gasteiger partial charge in [0.25, 0.3) is 5.95 Å². The van der Waals surface area contributed by atoms with Crippen LogP contribution >= 0.6 is 0 Å². The van der Waals surface area contributed by atoms with Crippen LogP contribution in [0.2, 0.25) is 0 Å². The Labute approximate surface area is 199 Å². The SMILES string of the molecule is Cc1ccc(NC(=O)C2CCCN(C(=O)Cc3c(C)nn(-c4nc(C)cc(C)n4)c3C)C2)nc1. The molecule has 1 N–H and O–H groups in total. The Morgan fingerprint density at radius 1 is 1.09 bits per heavy atom. The molecule has 1 aliphatic heterocycles. The Bertz CT molecular complexity index is 1200. The fourth-order valence-corrected chi connectivity index (χ4v) is 4.38. The Hall–Kier alpha value is -3.62. The third-order valence-electron chi connectivity index (χ3n) is 6.24. The fraction of sp³-hybridized carbons (Fsp3) is 0.440. The maximum absolute atomic E-state index is 13.2. The number of aryl methyl sites for hydroxylation is 4. The molecule has 1 atom stereocenters. The average Bonchev–Trinajstić information content (AvgIpc) is 3.08. The molecule has 9 heteroatoms. The van der Waals surface area contributed by atoms with Crippen LogP contribution < -0.4 is 5.32 Å². The molecule has 9 nitrogen and oxygen atoms in total. The summed E-state index contributed by atoms with van der Waals surface area (Å²) in [6, 6.07) is 5.62. The number of nitrogens with one attached hydrogen (secondary N) is 1. The number of hydrogen-bond acceptors (Lipinski definition) is 6. The Morgan fingerprint density at radius 2 is 1.82 bits per heavy atom. The van der Waals surface area contributed by atoms with Crippen LogP contribution in [0.15, 0.2) is 24.4 Å². The smallest absolute Gasteiger partial charge is 0.251 e. The number of likely N-dealkylation sites (tertiary alicyclic amines) is 1. The van der Waals surface area contributed by atoms with E-state index >= 15 is 0 Å². The monoisotopic (exact) mass is 461 g/mol. The van der Waals surface area contributed by atoms with Crippen LogP contribution in [0.1, 0.15) is 46.7 Å². The van der Waals surface area contributed by atoms with Gasteiger partial charge in [0.15, 0.2) is 0 Å². The van der Waals surface area contributed by atoms with Crippen LogP contribution in [0.3, 0.4) is 0 Å². The topological polar surface area (TPSA) is 106 Å². The summed E-state index contributed by atoms with van der Waals surface area (Å²) in [5.41, 5.74) is 5.28. The highest BCUT2D eigenvalue weighted by Crippen LogP contribution is 2.22. The summed E-state index contributed by atoms with van der Waals surface area (Å²) in [6.45, 7) is 10.7. The van der Waals surface area contributed by atoms with Gasteiger partial charge in [0, 0.05) is 41.9 Å². The van der Waals surface area contributed by atoms with Crippen LogP contribution in [0.25, 0.3) is 5.95 Å². The maximum atomic E-state index is 13.2. The molecule has 0 bridgehead atoms. The van der Waals surface area contributed by atoms with E-state index in [9.17, 15) is 9.59 Å². The number of carbonyl (C=O) groups is 2. The van der Waals surface area contributed by atoms with Crippen molar-refractivity contribution in [3.63, 3.8) is 0 Å². The highest BCUT2D eigenvalue weighted by atomic mass is 16.2. The van der Waals surface area contributed by atoms with Gasteiger partial charge in [-0.05, 0) is 65.2 Å². The van der Waals surface area contributed by atoms with Gasteiger partial charge in [0.05, 0.1) is 18.0 Å². The lowest BCUT2D eigenvalue weighted by Gasteiger charge is -2.32. The predicted molar refractivity (Wildman–Crippen MR) is 129 cm³/mol. The van der Waals surface area contributed by atoms with Crippen molar-refractivity contribution in [3.05, 3.63) is 58.3 Å². The summed E-state index contributed by atoms with van der Waals surface area (Å²) >= 11 is 0. The van der Waals surface area contributed by atoms with Crippen molar-refractivity contribution in [2.75, 3.05) is 18.4 Å². The number of aromatic nitrogens is 5. The van der Waals surface area contributed by atoms with E-state index in [0.29, 0.717) is 24.9 Å². The van der Waals surface area contributed by atoms with E-state index < -0.39 is 0 Å². The van der Waals surface area contributed by atoms with E-state index in [-0.39, 0.29) is 24.2 Å². The van der Waals surface area contributed by atoms with Crippen LogP contribution in [-0.2, 0) is 16.0 Å². The van der Waals surface area contributed by atoms with Crippen molar-refractivity contribution in [1.82, 2.24) is 29.6 Å². The van der Waals surface area contributed by atoms with E-state index in [1.807, 2.05) is 46.8 Å². The Balaban J connectivity index is 1.44. The van der Waals surface area contributed by atoms with Crippen LogP contribution in [0.5, 0.6) is 0 Å². The molecule has 0 aromatic carbocycles. The number of hydrogen-bond donors (Lipinski definition) is 1. The van der Waals surface area contributed by atoms with Crippen molar-refractivity contribution >= 4 is 17.6 Å². The highest BCUT2D eigenvalue weighted by molar-refractivity contribution is 5.92. The van der Waals surface area contributed by atoms with Gasteiger partial charge in [0.2, 0.25) is 11.8 Å². The number of anilines is 1. The number of nitrogens with zero attached hydrogens (tertiary/aromatic N) is 6. The predicted octanol–water partition coefficient (Wildman–Crippen LogP) is 3.02. The molecule has 0 spiro atoms. The number of pyridine rings is 1. The molecule has 178 valence electrons. The molecule has 2 amide bonds. The lowest BCUT2D eigenvalue weighted by Crippen LogP contribution is -2.44. The van der Waals surface area contributed by atoms with Crippen molar-refractivity contribution in [2.45, 2.75) is 53.9 Å². The molecule has 0 aliphatic carbocycles. The Morgan fingerprint density at radius 3 is 2.50 bits per heavy atom. The van der Waals surface area contributed by atoms with Gasteiger partial charge in [-0.15, -0.1) is 0 Å². The number of piperidine rings is 1. The van der Waals surface area contributed by atoms with Crippen LogP contribution in [0.4, 0.5) is 5.82 Å². The molecule has 34 heavy (non-hydrogen) atoms. The van der Waals surface area contributed by atoms with E-state index in [4.69, 9.17) is 0 Å². The first kappa shape index (κ1) is 23.5. The summed E-state index contributed by atoms with van der Waals surface area (Å²) in [5, 5.41) is 7.49. The van der Waals surface area contributed by atoms with E-state index in [1.54, 1.807) is 21.8 Å². The normalized spacial score (nSPS) is 15.9. The third-order valence-corrected chi connectivity index (χ3v) is 6.24. The van der Waals surface area contributed by atoms with Crippen molar-refractivity contribution < 1.29 is 9.59 Å². The molecule has 0 saturated carbocycles. The minimum atomic E-state index is -0.255. The first-order chi connectivity index (χ1) is 16.2. The maximum Gasteiger partial charge on any atom is 0.251 e. The average molecular weight is 462 g/mol. The lowest BCUT2D eigenvalue weighted by molar-refractivity contribution is -0.134. The zero-order valence-corrected chi connectivity index (χ0v) is 20.4. The second-order valence-corrected chi connectivity index (χ2v) is 9.08. The fourth-order valence-electron chi connectivity index (χ4n) is 4.38. The summed E-state index contributed by atoms with van der Waals surface area (Å²) in [6.07, 6.45) is 3.50. The minimum Gasteiger partial charge on any atom is -0.342 e. The summed E-state index contributed by atoms with van der Waals surface area (Å²) < 4.78 is 1.71. The quantitative estimate of drug-likeness (QED) is 0.626. The number of rotatable bonds is 5. The molecule has 3 aromatic heterocycles. The molecule has 0 radical (unpaired) electrons. The second kappa shape index (κ2) is 9.70. The summed E-state index contributed by atoms with van der Waals surface area (Å²) in [4.78, 5) is 41.0. The van der Waals surface area contributed by atoms with E-state index in [0.717, 1.165) is 46.7 Å². The first-order valence-electron chi connectivity index (χ1n) is 11.6. The zero-order chi connectivity index (χ0) is 24.4. The molecular formula is C25H31N7O2. The molecule has 4 heterocycles. The van der Waals surface area contributed by atoms with Gasteiger partial charge < -0.3 is 10.2 Å². The Kier molecular flexibility index (Phi) is 6.72. The lowest BCUT2D eigenvalue weighted by atomic mass is 9.96. The van der Waals surface area contributed by atoms with Crippen molar-refractivity contribution in [2.24, 2.45) is 5.92 Å². The zero-order valence-electron chi connectivity index (χ0n) is 20.4. The van der Waals surface area contributed by atoms with Crippen LogP contribution in [-0.4, -0.2) is 54.5 Å². The number of amides is 2. The van der Waals surface area contributed by atoms with Gasteiger partial charge in [-0.2, -0.15) is 5.10 Å². The molecule has 1 aliphatic rings. The van der Waals surface area contributed by atoms with Gasteiger partial charge in [0.1, 0.15) is 5.82 Å². The standard InChI is InChI=1S/C25H31N7O2/c1-15-8-9-22(26-13-15)29-24(34)20-7-6-10-31(14-20)23(33)12-21-18(4)30-32(19(21)5)25-27-16(2)11-17(3)28-25/h8-9,11,13,20H,6-7,10,12,14H2,1-5H3,(H,26,29,34). The second-order valence-electron chi connectivity index (χ2n) is 9.08. The summed E-state index contributed by atoms with van der Waals surface area (Å²) in [5.74, 6) is 0.691. The van der Waals surface area contributed by atoms with E-state index in [1.165, 1.54) is 0 Å². The van der Waals surface area contributed by atoms with Crippen LogP contribution in [0, 0.1) is 40.5 Å². The largest absolute Gasteiger partial charge is 0.342 e.